The molecule has 2 atom stereocenters. The molecule has 0 bridgehead atoms. The zero-order chi connectivity index (χ0) is 28.1. The number of esters is 1. The Morgan fingerprint density at radius 1 is 0.579 bits per heavy atom. The van der Waals surface area contributed by atoms with Crippen LogP contribution in [-0.4, -0.2) is 23.7 Å². The molecule has 0 aliphatic rings. The highest BCUT2D eigenvalue weighted by atomic mass is 16.5. The third kappa shape index (κ3) is 28.0. The van der Waals surface area contributed by atoms with Crippen LogP contribution in [0.2, 0.25) is 0 Å². The zero-order valence-corrected chi connectivity index (χ0v) is 25.9. The number of carboxylic acid groups (broad SMARTS) is 1. The summed E-state index contributed by atoms with van der Waals surface area (Å²) in [5.41, 5.74) is 0. The van der Waals surface area contributed by atoms with E-state index in [1.807, 2.05) is 0 Å². The van der Waals surface area contributed by atoms with Crippen molar-refractivity contribution in [1.29, 1.82) is 0 Å². The van der Waals surface area contributed by atoms with Gasteiger partial charge < -0.3 is 9.84 Å². The van der Waals surface area contributed by atoms with Gasteiger partial charge in [-0.05, 0) is 31.1 Å². The molecule has 0 saturated carbocycles. The molecule has 0 rings (SSSR count). The second kappa shape index (κ2) is 28.9. The van der Waals surface area contributed by atoms with Crippen LogP contribution < -0.4 is 0 Å². The van der Waals surface area contributed by atoms with Crippen molar-refractivity contribution in [3.05, 3.63) is 0 Å². The Hall–Kier alpha value is -1.06. The molecule has 0 aliphatic carbocycles. The number of rotatable bonds is 30. The summed E-state index contributed by atoms with van der Waals surface area (Å²) in [5.74, 6) is 0.446. The largest absolute Gasteiger partial charge is 0.481 e. The predicted octanol–water partition coefficient (Wildman–Crippen LogP) is 11.0. The maximum absolute atomic E-state index is 11.9. The van der Waals surface area contributed by atoms with Crippen molar-refractivity contribution in [1.82, 2.24) is 0 Å². The van der Waals surface area contributed by atoms with Crippen molar-refractivity contribution in [3.8, 4) is 0 Å². The minimum absolute atomic E-state index is 0.00735. The molecule has 4 nitrogen and oxygen atoms in total. The van der Waals surface area contributed by atoms with Crippen molar-refractivity contribution in [2.45, 2.75) is 188 Å². The fraction of sp³-hybridized carbons (Fsp3) is 0.941. The number of hydrogen-bond acceptors (Lipinski definition) is 3. The van der Waals surface area contributed by atoms with Gasteiger partial charge in [0.2, 0.25) is 0 Å². The van der Waals surface area contributed by atoms with Crippen LogP contribution in [0.15, 0.2) is 0 Å². The van der Waals surface area contributed by atoms with Crippen molar-refractivity contribution in [2.75, 3.05) is 6.61 Å². The second-order valence-electron chi connectivity index (χ2n) is 12.0. The van der Waals surface area contributed by atoms with Gasteiger partial charge in [-0.15, -0.1) is 0 Å². The Morgan fingerprint density at radius 2 is 1.03 bits per heavy atom. The van der Waals surface area contributed by atoms with E-state index in [1.165, 1.54) is 128 Å². The van der Waals surface area contributed by atoms with Gasteiger partial charge in [0.15, 0.2) is 0 Å². The summed E-state index contributed by atoms with van der Waals surface area (Å²) >= 11 is 0. The molecule has 0 saturated heterocycles. The number of ether oxygens (including phenoxy) is 1. The van der Waals surface area contributed by atoms with Crippen molar-refractivity contribution < 1.29 is 19.4 Å². The third-order valence-electron chi connectivity index (χ3n) is 8.20. The molecule has 1 N–H and O–H groups in total. The summed E-state index contributed by atoms with van der Waals surface area (Å²) in [4.78, 5) is 22.5. The van der Waals surface area contributed by atoms with E-state index in [1.54, 1.807) is 0 Å². The zero-order valence-electron chi connectivity index (χ0n) is 25.9. The first-order valence-corrected chi connectivity index (χ1v) is 16.9. The topological polar surface area (TPSA) is 63.6 Å². The van der Waals surface area contributed by atoms with Crippen LogP contribution in [-0.2, 0) is 14.3 Å². The molecule has 0 aromatic rings. The summed E-state index contributed by atoms with van der Waals surface area (Å²) in [7, 11) is 0. The molecule has 38 heavy (non-hydrogen) atoms. The van der Waals surface area contributed by atoms with E-state index in [4.69, 9.17) is 9.84 Å². The minimum Gasteiger partial charge on any atom is -0.481 e. The Kier molecular flexibility index (Phi) is 28.1. The van der Waals surface area contributed by atoms with Gasteiger partial charge in [0, 0.05) is 12.8 Å². The van der Waals surface area contributed by atoms with Crippen molar-refractivity contribution in [3.63, 3.8) is 0 Å². The molecule has 2 unspecified atom stereocenters. The first-order valence-electron chi connectivity index (χ1n) is 16.9. The van der Waals surface area contributed by atoms with Crippen LogP contribution in [0, 0.1) is 11.8 Å². The highest BCUT2D eigenvalue weighted by molar-refractivity contribution is 5.69. The van der Waals surface area contributed by atoms with Gasteiger partial charge in [-0.25, -0.2) is 0 Å². The lowest BCUT2D eigenvalue weighted by Gasteiger charge is -2.14. The summed E-state index contributed by atoms with van der Waals surface area (Å²) in [6, 6.07) is 0. The number of carbonyl (C=O) groups excluding carboxylic acids is 1. The Labute approximate surface area is 237 Å². The van der Waals surface area contributed by atoms with E-state index in [2.05, 4.69) is 20.8 Å². The highest BCUT2D eigenvalue weighted by Crippen LogP contribution is 2.18. The summed E-state index contributed by atoms with van der Waals surface area (Å²) in [5, 5.41) is 8.74. The summed E-state index contributed by atoms with van der Waals surface area (Å²) in [6.07, 6.45) is 31.6. The van der Waals surface area contributed by atoms with Crippen LogP contribution in [0.4, 0.5) is 0 Å². The maximum Gasteiger partial charge on any atom is 0.305 e. The Morgan fingerprint density at radius 3 is 1.45 bits per heavy atom. The molecule has 0 spiro atoms. The van der Waals surface area contributed by atoms with Gasteiger partial charge >= 0.3 is 11.9 Å². The second-order valence-corrected chi connectivity index (χ2v) is 12.0. The van der Waals surface area contributed by atoms with Crippen LogP contribution in [0.5, 0.6) is 0 Å². The molecule has 4 heteroatoms. The lowest BCUT2D eigenvalue weighted by molar-refractivity contribution is -0.145. The lowest BCUT2D eigenvalue weighted by Crippen LogP contribution is -2.13. The SMILES string of the molecule is CCCCC(CC)COC(=O)CCCCCCCCCCCCCCCCCCCCC(C)CCC(=O)O. The number of hydrogen-bond donors (Lipinski definition) is 1. The molecular weight excluding hydrogens is 472 g/mol. The van der Waals surface area contributed by atoms with E-state index >= 15 is 0 Å². The van der Waals surface area contributed by atoms with Gasteiger partial charge in [-0.2, -0.15) is 0 Å². The third-order valence-corrected chi connectivity index (χ3v) is 8.20. The van der Waals surface area contributed by atoms with E-state index in [0.717, 1.165) is 25.7 Å². The van der Waals surface area contributed by atoms with Gasteiger partial charge in [0.05, 0.1) is 6.61 Å². The normalized spacial score (nSPS) is 12.9. The lowest BCUT2D eigenvalue weighted by atomic mass is 9.97. The first-order chi connectivity index (χ1) is 18.5. The van der Waals surface area contributed by atoms with Crippen molar-refractivity contribution >= 4 is 11.9 Å². The monoisotopic (exact) mass is 538 g/mol. The number of aliphatic carboxylic acids is 1. The van der Waals surface area contributed by atoms with Gasteiger partial charge in [-0.3, -0.25) is 9.59 Å². The molecule has 0 fully saturated rings. The van der Waals surface area contributed by atoms with Crippen LogP contribution in [0.1, 0.15) is 188 Å². The molecule has 0 radical (unpaired) electrons. The molecule has 0 aromatic carbocycles. The van der Waals surface area contributed by atoms with Gasteiger partial charge in [-0.1, -0.05) is 156 Å². The first kappa shape index (κ1) is 36.9. The van der Waals surface area contributed by atoms with Crippen LogP contribution in [0.3, 0.4) is 0 Å². The van der Waals surface area contributed by atoms with E-state index in [9.17, 15) is 9.59 Å². The quantitative estimate of drug-likeness (QED) is 0.0729. The summed E-state index contributed by atoms with van der Waals surface area (Å²) < 4.78 is 5.50. The van der Waals surface area contributed by atoms with Gasteiger partial charge in [0.1, 0.15) is 0 Å². The Bertz CT molecular complexity index is 519. The standard InChI is InChI=1S/C34H66O4/c1-4-6-26-32(5-2)30-38-34(37)27-24-22-20-18-16-14-12-10-8-7-9-11-13-15-17-19-21-23-25-31(3)28-29-33(35)36/h31-32H,4-30H2,1-3H3,(H,35,36). The molecule has 0 heterocycles. The van der Waals surface area contributed by atoms with Crippen LogP contribution in [0.25, 0.3) is 0 Å². The number of carboxylic acids is 1. The number of carbonyl (C=O) groups is 2. The molecular formula is C34H66O4. The summed E-state index contributed by atoms with van der Waals surface area (Å²) in [6.45, 7) is 7.21. The van der Waals surface area contributed by atoms with Gasteiger partial charge in [0.25, 0.3) is 0 Å². The Balaban J connectivity index is 3.25. The van der Waals surface area contributed by atoms with Crippen LogP contribution >= 0.6 is 0 Å². The average molecular weight is 539 g/mol. The smallest absolute Gasteiger partial charge is 0.305 e. The predicted molar refractivity (Wildman–Crippen MR) is 163 cm³/mol. The fourth-order valence-electron chi connectivity index (χ4n) is 5.29. The van der Waals surface area contributed by atoms with Crippen molar-refractivity contribution in [2.24, 2.45) is 11.8 Å². The molecule has 0 amide bonds. The highest BCUT2D eigenvalue weighted by Gasteiger charge is 2.10. The minimum atomic E-state index is -0.662. The van der Waals surface area contributed by atoms with E-state index in [-0.39, 0.29) is 5.97 Å². The van der Waals surface area contributed by atoms with E-state index in [0.29, 0.717) is 31.3 Å². The maximum atomic E-state index is 11.9. The van der Waals surface area contributed by atoms with E-state index < -0.39 is 5.97 Å². The molecule has 0 aromatic heterocycles. The molecule has 226 valence electrons. The molecule has 0 aliphatic heterocycles. The average Bonchev–Trinajstić information content (AvgIpc) is 2.90. The number of unbranched alkanes of at least 4 members (excludes halogenated alkanes) is 18. The fourth-order valence-corrected chi connectivity index (χ4v) is 5.29.